The minimum atomic E-state index is -0.696. The number of anilines is 1. The van der Waals surface area contributed by atoms with Gasteiger partial charge in [-0.2, -0.15) is 0 Å². The number of benzene rings is 1. The Morgan fingerprint density at radius 1 is 1.26 bits per heavy atom. The van der Waals surface area contributed by atoms with E-state index in [-0.39, 0.29) is 0 Å². The molecule has 0 saturated heterocycles. The third kappa shape index (κ3) is 3.57. The number of carbonyl (C=O) groups is 2. The summed E-state index contributed by atoms with van der Waals surface area (Å²) in [5, 5.41) is 8.48. The molecule has 0 saturated carbocycles. The maximum Gasteiger partial charge on any atom is 0.315 e. The van der Waals surface area contributed by atoms with Gasteiger partial charge in [0.2, 0.25) is 0 Å². The molecular weight excluding hydrogens is 312 g/mol. The first kappa shape index (κ1) is 15.2. The van der Waals surface area contributed by atoms with E-state index in [4.69, 9.17) is 0 Å². The van der Waals surface area contributed by atoms with Crippen LogP contribution in [0.4, 0.5) is 5.13 Å². The first-order chi connectivity index (χ1) is 11.1. The highest BCUT2D eigenvalue weighted by Gasteiger charge is 2.14. The molecule has 3 aromatic rings. The molecule has 0 aliphatic carbocycles. The largest absolute Gasteiger partial charge is 0.361 e. The molecular formula is C16H16N4O2S. The number of fused-ring (bicyclic) bond motifs is 1. The lowest BCUT2D eigenvalue weighted by molar-refractivity contribution is -0.136. The number of thiazole rings is 1. The van der Waals surface area contributed by atoms with Gasteiger partial charge in [-0.1, -0.05) is 18.2 Å². The number of rotatable bonds is 4. The third-order valence-corrected chi connectivity index (χ3v) is 4.28. The maximum atomic E-state index is 11.8. The first-order valence-electron chi connectivity index (χ1n) is 7.20. The molecule has 0 aliphatic rings. The molecule has 0 atom stereocenters. The number of nitrogens with one attached hydrogen (secondary N) is 3. The number of aryl methyl sites for hydroxylation is 1. The normalized spacial score (nSPS) is 10.7. The fourth-order valence-corrected chi connectivity index (χ4v) is 2.98. The van der Waals surface area contributed by atoms with Crippen molar-refractivity contribution in [1.82, 2.24) is 15.3 Å². The molecule has 1 aromatic carbocycles. The molecule has 0 aliphatic heterocycles. The van der Waals surface area contributed by atoms with Gasteiger partial charge in [0.25, 0.3) is 0 Å². The zero-order valence-corrected chi connectivity index (χ0v) is 13.4. The first-order valence-corrected chi connectivity index (χ1v) is 8.08. The molecule has 2 amide bonds. The fourth-order valence-electron chi connectivity index (χ4n) is 2.29. The average Bonchev–Trinajstić information content (AvgIpc) is 3.14. The van der Waals surface area contributed by atoms with E-state index in [0.717, 1.165) is 22.2 Å². The van der Waals surface area contributed by atoms with E-state index in [0.29, 0.717) is 18.1 Å². The lowest BCUT2D eigenvalue weighted by atomic mass is 10.1. The molecule has 3 rings (SSSR count). The van der Waals surface area contributed by atoms with Gasteiger partial charge in [-0.3, -0.25) is 14.9 Å². The molecule has 0 unspecified atom stereocenters. The Bertz CT molecular complexity index is 853. The van der Waals surface area contributed by atoms with Crippen LogP contribution in [0.3, 0.4) is 0 Å². The fraction of sp³-hybridized carbons (Fsp3) is 0.188. The van der Waals surface area contributed by atoms with Crippen LogP contribution in [0.25, 0.3) is 10.9 Å². The monoisotopic (exact) mass is 328 g/mol. The summed E-state index contributed by atoms with van der Waals surface area (Å²) >= 11 is 1.29. The van der Waals surface area contributed by atoms with E-state index in [1.54, 1.807) is 0 Å². The van der Waals surface area contributed by atoms with Crippen LogP contribution < -0.4 is 10.6 Å². The van der Waals surface area contributed by atoms with Crippen molar-refractivity contribution in [3.63, 3.8) is 0 Å². The van der Waals surface area contributed by atoms with Crippen LogP contribution in [0.1, 0.15) is 11.3 Å². The maximum absolute atomic E-state index is 11.8. The van der Waals surface area contributed by atoms with Crippen molar-refractivity contribution < 1.29 is 9.59 Å². The van der Waals surface area contributed by atoms with Gasteiger partial charge >= 0.3 is 11.8 Å². The van der Waals surface area contributed by atoms with Crippen LogP contribution in [-0.4, -0.2) is 28.3 Å². The predicted octanol–water partition coefficient (Wildman–Crippen LogP) is 2.23. The lowest BCUT2D eigenvalue weighted by Crippen LogP contribution is -2.36. The van der Waals surface area contributed by atoms with Crippen LogP contribution in [0.5, 0.6) is 0 Å². The highest BCUT2D eigenvalue weighted by Crippen LogP contribution is 2.17. The van der Waals surface area contributed by atoms with Gasteiger partial charge < -0.3 is 10.3 Å². The number of H-pyrrole nitrogens is 1. The zero-order chi connectivity index (χ0) is 16.2. The third-order valence-electron chi connectivity index (χ3n) is 3.40. The SMILES string of the molecule is Cc1csc(NC(=O)C(=O)NCCc2c[nH]c3ccccc23)n1. The number of para-hydroxylation sites is 1. The summed E-state index contributed by atoms with van der Waals surface area (Å²) in [7, 11) is 0. The summed E-state index contributed by atoms with van der Waals surface area (Å²) in [4.78, 5) is 30.8. The van der Waals surface area contributed by atoms with E-state index in [9.17, 15) is 9.59 Å². The Morgan fingerprint density at radius 3 is 2.87 bits per heavy atom. The Balaban J connectivity index is 1.52. The second-order valence-electron chi connectivity index (χ2n) is 5.11. The standard InChI is InChI=1S/C16H16N4O2S/c1-10-9-23-16(19-10)20-15(22)14(21)17-7-6-11-8-18-13-5-3-2-4-12(11)13/h2-5,8-9,18H,6-7H2,1H3,(H,17,21)(H,19,20,22). The summed E-state index contributed by atoms with van der Waals surface area (Å²) in [5.74, 6) is -1.35. The molecule has 7 heteroatoms. The van der Waals surface area contributed by atoms with E-state index in [2.05, 4.69) is 20.6 Å². The zero-order valence-electron chi connectivity index (χ0n) is 12.6. The number of nitrogens with zero attached hydrogens (tertiary/aromatic N) is 1. The molecule has 2 heterocycles. The second kappa shape index (κ2) is 6.62. The van der Waals surface area contributed by atoms with E-state index in [1.165, 1.54) is 11.3 Å². The lowest BCUT2D eigenvalue weighted by Gasteiger charge is -2.04. The Hall–Kier alpha value is -2.67. The smallest absolute Gasteiger partial charge is 0.315 e. The Kier molecular flexibility index (Phi) is 4.38. The van der Waals surface area contributed by atoms with Crippen molar-refractivity contribution in [3.8, 4) is 0 Å². The van der Waals surface area contributed by atoms with Gasteiger partial charge in [0.15, 0.2) is 5.13 Å². The van der Waals surface area contributed by atoms with Gasteiger partial charge in [0.05, 0.1) is 5.69 Å². The molecule has 0 fully saturated rings. The minimum Gasteiger partial charge on any atom is -0.361 e. The summed E-state index contributed by atoms with van der Waals surface area (Å²) in [6, 6.07) is 7.97. The highest BCUT2D eigenvalue weighted by molar-refractivity contribution is 7.14. The Morgan fingerprint density at radius 2 is 2.09 bits per heavy atom. The number of aromatic nitrogens is 2. The molecule has 0 bridgehead atoms. The molecule has 23 heavy (non-hydrogen) atoms. The van der Waals surface area contributed by atoms with Crippen molar-refractivity contribution in [3.05, 3.63) is 47.1 Å². The topological polar surface area (TPSA) is 86.9 Å². The van der Waals surface area contributed by atoms with E-state index < -0.39 is 11.8 Å². The van der Waals surface area contributed by atoms with Crippen molar-refractivity contribution in [2.24, 2.45) is 0 Å². The quantitative estimate of drug-likeness (QED) is 0.642. The predicted molar refractivity (Wildman–Crippen MR) is 90.5 cm³/mol. The van der Waals surface area contributed by atoms with Gasteiger partial charge in [-0.05, 0) is 25.0 Å². The van der Waals surface area contributed by atoms with E-state index in [1.807, 2.05) is 42.8 Å². The number of carbonyl (C=O) groups excluding carboxylic acids is 2. The van der Waals surface area contributed by atoms with Crippen molar-refractivity contribution >= 4 is 39.2 Å². The number of hydrogen-bond acceptors (Lipinski definition) is 4. The molecule has 3 N–H and O–H groups in total. The Labute approximate surface area is 136 Å². The van der Waals surface area contributed by atoms with Crippen LogP contribution in [0.15, 0.2) is 35.8 Å². The summed E-state index contributed by atoms with van der Waals surface area (Å²) in [5.41, 5.74) is 2.98. The van der Waals surface area contributed by atoms with Crippen LogP contribution >= 0.6 is 11.3 Å². The van der Waals surface area contributed by atoms with E-state index >= 15 is 0 Å². The van der Waals surface area contributed by atoms with Gasteiger partial charge in [0.1, 0.15) is 0 Å². The highest BCUT2D eigenvalue weighted by atomic mass is 32.1. The molecule has 0 radical (unpaired) electrons. The van der Waals surface area contributed by atoms with Gasteiger partial charge in [0, 0.05) is 29.0 Å². The summed E-state index contributed by atoms with van der Waals surface area (Å²) in [6.45, 7) is 2.22. The molecule has 2 aromatic heterocycles. The second-order valence-corrected chi connectivity index (χ2v) is 5.97. The minimum absolute atomic E-state index is 0.394. The van der Waals surface area contributed by atoms with Gasteiger partial charge in [-0.25, -0.2) is 4.98 Å². The number of hydrogen-bond donors (Lipinski definition) is 3. The summed E-state index contributed by atoms with van der Waals surface area (Å²) in [6.07, 6.45) is 2.58. The van der Waals surface area contributed by atoms with Crippen molar-refractivity contribution in [1.29, 1.82) is 0 Å². The van der Waals surface area contributed by atoms with Crippen LogP contribution in [0.2, 0.25) is 0 Å². The number of aromatic amines is 1. The van der Waals surface area contributed by atoms with Crippen molar-refractivity contribution in [2.75, 3.05) is 11.9 Å². The van der Waals surface area contributed by atoms with Crippen LogP contribution in [-0.2, 0) is 16.0 Å². The summed E-state index contributed by atoms with van der Waals surface area (Å²) < 4.78 is 0. The van der Waals surface area contributed by atoms with Gasteiger partial charge in [-0.15, -0.1) is 11.3 Å². The molecule has 0 spiro atoms. The van der Waals surface area contributed by atoms with Crippen molar-refractivity contribution in [2.45, 2.75) is 13.3 Å². The number of amides is 2. The average molecular weight is 328 g/mol. The molecule has 118 valence electrons. The van der Waals surface area contributed by atoms with Crippen LogP contribution in [0, 0.1) is 6.92 Å². The molecule has 6 nitrogen and oxygen atoms in total.